The van der Waals surface area contributed by atoms with E-state index in [4.69, 9.17) is 0 Å². The molecule has 9 heavy (non-hydrogen) atoms. The van der Waals surface area contributed by atoms with Gasteiger partial charge in [0, 0.05) is 11.9 Å². The first-order valence-electron chi connectivity index (χ1n) is 2.87. The Labute approximate surface area is 63.6 Å². The Morgan fingerprint density at radius 3 is 2.89 bits per heavy atom. The van der Waals surface area contributed by atoms with Gasteiger partial charge in [-0.15, -0.1) is 0 Å². The number of rotatable bonds is 0. The van der Waals surface area contributed by atoms with E-state index in [-0.39, 0.29) is 6.17 Å². The fourth-order valence-electron chi connectivity index (χ4n) is 0.700. The number of hydrogen-bond donors (Lipinski definition) is 0. The van der Waals surface area contributed by atoms with Crippen LogP contribution in [0.1, 0.15) is 13.8 Å². The Hall–Kier alpha value is -0.310. The second kappa shape index (κ2) is 2.52. The van der Waals surface area contributed by atoms with Crippen molar-refractivity contribution in [3.63, 3.8) is 0 Å². The first-order valence-corrected chi connectivity index (χ1v) is 3.58. The van der Waals surface area contributed by atoms with Crippen molar-refractivity contribution in [3.8, 4) is 0 Å². The topological polar surface area (TPSA) is 15.6 Å². The molecule has 0 bridgehead atoms. The van der Waals surface area contributed by atoms with Gasteiger partial charge in [-0.1, -0.05) is 0 Å². The molecule has 1 rings (SSSR count). The lowest BCUT2D eigenvalue weighted by Gasteiger charge is -2.23. The van der Waals surface area contributed by atoms with Crippen LogP contribution in [0.15, 0.2) is 16.8 Å². The van der Waals surface area contributed by atoms with Crippen molar-refractivity contribution in [1.82, 2.24) is 3.93 Å². The molecule has 1 heterocycles. The van der Waals surface area contributed by atoms with E-state index < -0.39 is 0 Å². The Kier molecular flexibility index (Phi) is 1.90. The summed E-state index contributed by atoms with van der Waals surface area (Å²) in [5.41, 5.74) is 1.19. The minimum Gasteiger partial charge on any atom is -0.290 e. The number of aliphatic imine (C=N–C) groups is 1. The van der Waals surface area contributed by atoms with E-state index >= 15 is 0 Å². The van der Waals surface area contributed by atoms with Crippen molar-refractivity contribution in [1.29, 1.82) is 0 Å². The lowest BCUT2D eigenvalue weighted by molar-refractivity contribution is 0.471. The van der Waals surface area contributed by atoms with Crippen LogP contribution in [0, 0.1) is 0 Å². The van der Waals surface area contributed by atoms with Crippen LogP contribution < -0.4 is 0 Å². The lowest BCUT2D eigenvalue weighted by atomic mass is 10.4. The van der Waals surface area contributed by atoms with Crippen molar-refractivity contribution in [2.45, 2.75) is 20.0 Å². The molecule has 0 aromatic carbocycles. The van der Waals surface area contributed by atoms with Gasteiger partial charge in [0.05, 0.1) is 16.1 Å². The van der Waals surface area contributed by atoms with Gasteiger partial charge in [0.25, 0.3) is 0 Å². The Morgan fingerprint density at radius 2 is 2.44 bits per heavy atom. The summed E-state index contributed by atoms with van der Waals surface area (Å²) in [7, 11) is 0. The van der Waals surface area contributed by atoms with Gasteiger partial charge in [0.1, 0.15) is 6.17 Å². The van der Waals surface area contributed by atoms with Gasteiger partial charge < -0.3 is 0 Å². The fraction of sp³-hybridized carbons (Fsp3) is 0.500. The molecule has 50 valence electrons. The third-order valence-corrected chi connectivity index (χ3v) is 2.43. The highest BCUT2D eigenvalue weighted by Gasteiger charge is 2.10. The summed E-state index contributed by atoms with van der Waals surface area (Å²) in [5.74, 6) is 0. The largest absolute Gasteiger partial charge is 0.290 e. The third-order valence-electron chi connectivity index (χ3n) is 1.28. The van der Waals surface area contributed by atoms with Gasteiger partial charge in [-0.3, -0.25) is 8.92 Å². The second-order valence-electron chi connectivity index (χ2n) is 2.05. The standard InChI is InChI=1S/C6H9BrN2/c1-5-3-4-8-6(2)9(5)7/h3-4,6H,1-2H3. The molecule has 0 saturated heterocycles. The van der Waals surface area contributed by atoms with E-state index in [1.165, 1.54) is 5.70 Å². The van der Waals surface area contributed by atoms with Crippen LogP contribution in [0.4, 0.5) is 0 Å². The van der Waals surface area contributed by atoms with Gasteiger partial charge in [-0.05, 0) is 19.9 Å². The monoisotopic (exact) mass is 188 g/mol. The molecule has 1 atom stereocenters. The molecule has 2 nitrogen and oxygen atoms in total. The molecule has 0 aromatic heterocycles. The van der Waals surface area contributed by atoms with Gasteiger partial charge in [-0.2, -0.15) is 0 Å². The van der Waals surface area contributed by atoms with Crippen LogP contribution in [-0.2, 0) is 0 Å². The van der Waals surface area contributed by atoms with E-state index in [0.29, 0.717) is 0 Å². The molecule has 0 spiro atoms. The predicted octanol–water partition coefficient (Wildman–Crippen LogP) is 1.93. The van der Waals surface area contributed by atoms with Crippen molar-refractivity contribution < 1.29 is 0 Å². The van der Waals surface area contributed by atoms with Crippen LogP contribution in [-0.4, -0.2) is 16.3 Å². The maximum Gasteiger partial charge on any atom is 0.128 e. The SMILES string of the molecule is CC1=CC=NC(C)N1Br. The second-order valence-corrected chi connectivity index (χ2v) is 2.81. The average molecular weight is 189 g/mol. The van der Waals surface area contributed by atoms with Crippen LogP contribution in [0.5, 0.6) is 0 Å². The molecule has 3 heteroatoms. The zero-order chi connectivity index (χ0) is 6.85. The van der Waals surface area contributed by atoms with Crippen LogP contribution >= 0.6 is 16.1 Å². The number of allylic oxidation sites excluding steroid dienone is 2. The number of halogens is 1. The molecule has 1 unspecified atom stereocenters. The summed E-state index contributed by atoms with van der Waals surface area (Å²) in [5, 5.41) is 0. The van der Waals surface area contributed by atoms with Crippen molar-refractivity contribution in [2.24, 2.45) is 4.99 Å². The highest BCUT2D eigenvalue weighted by Crippen LogP contribution is 2.17. The molecule has 0 saturated carbocycles. The van der Waals surface area contributed by atoms with Gasteiger partial charge in [0.15, 0.2) is 0 Å². The van der Waals surface area contributed by atoms with Crippen molar-refractivity contribution in [2.75, 3.05) is 0 Å². The summed E-state index contributed by atoms with van der Waals surface area (Å²) in [6.45, 7) is 4.07. The molecule has 0 radical (unpaired) electrons. The summed E-state index contributed by atoms with van der Waals surface area (Å²) in [4.78, 5) is 4.14. The minimum absolute atomic E-state index is 0.231. The van der Waals surface area contributed by atoms with Crippen LogP contribution in [0.25, 0.3) is 0 Å². The molecule has 0 aliphatic carbocycles. The first-order chi connectivity index (χ1) is 4.22. The zero-order valence-corrected chi connectivity index (χ0v) is 7.09. The number of hydrogen-bond acceptors (Lipinski definition) is 2. The summed E-state index contributed by atoms with van der Waals surface area (Å²) in [6, 6.07) is 0. The normalized spacial score (nSPS) is 26.3. The third kappa shape index (κ3) is 1.33. The summed E-state index contributed by atoms with van der Waals surface area (Å²) in [6.07, 6.45) is 4.03. The Bertz CT molecular complexity index is 162. The zero-order valence-electron chi connectivity index (χ0n) is 5.50. The van der Waals surface area contributed by atoms with E-state index in [2.05, 4.69) is 21.1 Å². The summed E-state index contributed by atoms with van der Waals surface area (Å²) >= 11 is 3.37. The van der Waals surface area contributed by atoms with Crippen LogP contribution in [0.3, 0.4) is 0 Å². The number of nitrogens with zero attached hydrogens (tertiary/aromatic N) is 2. The van der Waals surface area contributed by atoms with E-state index in [1.807, 2.05) is 30.1 Å². The van der Waals surface area contributed by atoms with E-state index in [9.17, 15) is 0 Å². The van der Waals surface area contributed by atoms with Gasteiger partial charge in [-0.25, -0.2) is 0 Å². The predicted molar refractivity (Wildman–Crippen MR) is 42.5 cm³/mol. The summed E-state index contributed by atoms with van der Waals surface area (Å²) < 4.78 is 1.95. The van der Waals surface area contributed by atoms with Crippen molar-refractivity contribution in [3.05, 3.63) is 11.8 Å². The maximum atomic E-state index is 4.14. The van der Waals surface area contributed by atoms with E-state index in [1.54, 1.807) is 0 Å². The Morgan fingerprint density at radius 1 is 1.78 bits per heavy atom. The molecule has 0 amide bonds. The molecule has 0 N–H and O–H groups in total. The lowest BCUT2D eigenvalue weighted by Crippen LogP contribution is -2.22. The smallest absolute Gasteiger partial charge is 0.128 e. The quantitative estimate of drug-likeness (QED) is 0.531. The minimum atomic E-state index is 0.231. The van der Waals surface area contributed by atoms with Gasteiger partial charge >= 0.3 is 0 Å². The van der Waals surface area contributed by atoms with Crippen molar-refractivity contribution >= 4 is 22.4 Å². The molecule has 1 aliphatic rings. The Balaban J connectivity index is 2.73. The molecule has 0 aromatic rings. The fourth-order valence-corrected chi connectivity index (χ4v) is 0.924. The molecular formula is C6H9BrN2. The average Bonchev–Trinajstić information content (AvgIpc) is 1.83. The van der Waals surface area contributed by atoms with E-state index in [0.717, 1.165) is 0 Å². The molecule has 0 fully saturated rings. The highest BCUT2D eigenvalue weighted by atomic mass is 79.9. The maximum absolute atomic E-state index is 4.14. The highest BCUT2D eigenvalue weighted by molar-refractivity contribution is 9.07. The molecular weight excluding hydrogens is 180 g/mol. The molecule has 1 aliphatic heterocycles. The first kappa shape index (κ1) is 6.81. The van der Waals surface area contributed by atoms with Crippen LogP contribution in [0.2, 0.25) is 0 Å². The van der Waals surface area contributed by atoms with Gasteiger partial charge in [0.2, 0.25) is 0 Å².